The van der Waals surface area contributed by atoms with Gasteiger partial charge in [0.05, 0.1) is 11.8 Å². The van der Waals surface area contributed by atoms with Gasteiger partial charge in [0.1, 0.15) is 6.54 Å². The van der Waals surface area contributed by atoms with Crippen LogP contribution in [0.3, 0.4) is 0 Å². The van der Waals surface area contributed by atoms with Crippen molar-refractivity contribution in [2.24, 2.45) is 5.41 Å². The second kappa shape index (κ2) is 13.8. The molecule has 0 atom stereocenters. The van der Waals surface area contributed by atoms with Crippen molar-refractivity contribution in [1.82, 2.24) is 15.1 Å². The standard InChI is InChI=1S/C35H44N4O3/c1-6-8-12-27-20-28-14-15-31(21-30(28)22-32(40)36-26(27)4)37-33(41)24-39(23-29-13-10-9-11-25(29)3)34(42)35(7-2)16-18-38(5)19-17-35/h6,8-15,21H,1,7,16-20,22-24H2,2-5H3,(H,36,40)(H,37,41)/b12-8-,27-26-. The quantitative estimate of drug-likeness (QED) is 0.402. The summed E-state index contributed by atoms with van der Waals surface area (Å²) in [4.78, 5) is 44.3. The highest BCUT2D eigenvalue weighted by molar-refractivity contribution is 5.95. The Kier molecular flexibility index (Phi) is 10.2. The summed E-state index contributed by atoms with van der Waals surface area (Å²) in [5, 5.41) is 5.98. The van der Waals surface area contributed by atoms with Crippen LogP contribution in [-0.2, 0) is 33.8 Å². The summed E-state index contributed by atoms with van der Waals surface area (Å²) >= 11 is 0. The Labute approximate surface area is 250 Å². The van der Waals surface area contributed by atoms with Gasteiger partial charge < -0.3 is 20.4 Å². The molecule has 2 heterocycles. The van der Waals surface area contributed by atoms with Crippen LogP contribution < -0.4 is 10.6 Å². The van der Waals surface area contributed by atoms with E-state index in [1.807, 2.05) is 68.5 Å². The lowest BCUT2D eigenvalue weighted by Crippen LogP contribution is -2.50. The van der Waals surface area contributed by atoms with Gasteiger partial charge in [-0.25, -0.2) is 0 Å². The van der Waals surface area contributed by atoms with E-state index >= 15 is 0 Å². The smallest absolute Gasteiger partial charge is 0.244 e. The van der Waals surface area contributed by atoms with Crippen molar-refractivity contribution in [3.63, 3.8) is 0 Å². The molecular formula is C35H44N4O3. The van der Waals surface area contributed by atoms with E-state index in [9.17, 15) is 14.4 Å². The molecular weight excluding hydrogens is 524 g/mol. The summed E-state index contributed by atoms with van der Waals surface area (Å²) in [6.45, 7) is 11.8. The normalized spacial score (nSPS) is 18.9. The molecule has 2 aliphatic rings. The van der Waals surface area contributed by atoms with Crippen molar-refractivity contribution in [2.45, 2.75) is 59.4 Å². The fourth-order valence-electron chi connectivity index (χ4n) is 5.92. The topological polar surface area (TPSA) is 81.8 Å². The summed E-state index contributed by atoms with van der Waals surface area (Å²) in [7, 11) is 2.09. The average molecular weight is 569 g/mol. The summed E-state index contributed by atoms with van der Waals surface area (Å²) in [6, 6.07) is 13.7. The number of hydrogen-bond donors (Lipinski definition) is 2. The maximum Gasteiger partial charge on any atom is 0.244 e. The lowest BCUT2D eigenvalue weighted by atomic mass is 9.75. The van der Waals surface area contributed by atoms with Crippen LogP contribution in [0.2, 0.25) is 0 Å². The molecule has 0 aromatic heterocycles. The number of amides is 3. The molecule has 2 aromatic rings. The van der Waals surface area contributed by atoms with Gasteiger partial charge >= 0.3 is 0 Å². The molecule has 0 radical (unpaired) electrons. The molecule has 7 nitrogen and oxygen atoms in total. The molecule has 1 fully saturated rings. The van der Waals surface area contributed by atoms with E-state index < -0.39 is 5.41 Å². The zero-order valence-corrected chi connectivity index (χ0v) is 25.5. The molecule has 0 aliphatic carbocycles. The summed E-state index contributed by atoms with van der Waals surface area (Å²) in [5.74, 6) is -0.301. The molecule has 2 aliphatic heterocycles. The Morgan fingerprint density at radius 3 is 2.52 bits per heavy atom. The van der Waals surface area contributed by atoms with Gasteiger partial charge in [0.15, 0.2) is 0 Å². The predicted molar refractivity (Wildman–Crippen MR) is 169 cm³/mol. The third-order valence-corrected chi connectivity index (χ3v) is 8.78. The second-order valence-corrected chi connectivity index (χ2v) is 11.7. The maximum absolute atomic E-state index is 14.2. The molecule has 222 valence electrons. The zero-order valence-electron chi connectivity index (χ0n) is 25.5. The number of benzene rings is 2. The van der Waals surface area contributed by atoms with Crippen LogP contribution in [0.25, 0.3) is 0 Å². The Balaban J connectivity index is 1.56. The van der Waals surface area contributed by atoms with E-state index in [0.29, 0.717) is 18.7 Å². The minimum Gasteiger partial charge on any atom is -0.329 e. The molecule has 0 spiro atoms. The van der Waals surface area contributed by atoms with Crippen molar-refractivity contribution in [1.29, 1.82) is 0 Å². The monoisotopic (exact) mass is 568 g/mol. The first-order chi connectivity index (χ1) is 20.1. The Morgan fingerprint density at radius 2 is 1.83 bits per heavy atom. The van der Waals surface area contributed by atoms with Gasteiger partial charge in [-0.2, -0.15) is 0 Å². The number of anilines is 1. The minimum absolute atomic E-state index is 0.0409. The van der Waals surface area contributed by atoms with Crippen LogP contribution in [-0.4, -0.2) is 54.2 Å². The van der Waals surface area contributed by atoms with E-state index in [-0.39, 0.29) is 30.7 Å². The Hall–Kier alpha value is -3.97. The first kappa shape index (κ1) is 31.0. The highest BCUT2D eigenvalue weighted by Gasteiger charge is 2.42. The van der Waals surface area contributed by atoms with Gasteiger partial charge in [-0.15, -0.1) is 0 Å². The average Bonchev–Trinajstić information content (AvgIpc) is 2.96. The number of nitrogens with zero attached hydrogens (tertiary/aromatic N) is 2. The third-order valence-electron chi connectivity index (χ3n) is 8.78. The van der Waals surface area contributed by atoms with Gasteiger partial charge in [0.25, 0.3) is 0 Å². The van der Waals surface area contributed by atoms with E-state index in [1.54, 1.807) is 11.0 Å². The number of aryl methyl sites for hydroxylation is 1. The fourth-order valence-corrected chi connectivity index (χ4v) is 5.92. The molecule has 2 N–H and O–H groups in total. The van der Waals surface area contributed by atoms with Crippen molar-refractivity contribution >= 4 is 23.4 Å². The molecule has 0 unspecified atom stereocenters. The highest BCUT2D eigenvalue weighted by Crippen LogP contribution is 2.37. The number of hydrogen-bond acceptors (Lipinski definition) is 4. The van der Waals surface area contributed by atoms with Gasteiger partial charge in [-0.05, 0) is 99.6 Å². The number of piperidine rings is 1. The van der Waals surface area contributed by atoms with Crippen LogP contribution in [0.15, 0.2) is 78.5 Å². The summed E-state index contributed by atoms with van der Waals surface area (Å²) in [5.41, 5.74) is 6.02. The molecule has 2 aromatic carbocycles. The van der Waals surface area contributed by atoms with Crippen LogP contribution in [0.5, 0.6) is 0 Å². The van der Waals surface area contributed by atoms with E-state index in [0.717, 1.165) is 65.9 Å². The summed E-state index contributed by atoms with van der Waals surface area (Å²) in [6.07, 6.45) is 8.73. The maximum atomic E-state index is 14.2. The first-order valence-electron chi connectivity index (χ1n) is 14.9. The number of nitrogens with one attached hydrogen (secondary N) is 2. The molecule has 42 heavy (non-hydrogen) atoms. The Morgan fingerprint density at radius 1 is 1.10 bits per heavy atom. The number of likely N-dealkylation sites (tertiary alicyclic amines) is 1. The minimum atomic E-state index is -0.463. The van der Waals surface area contributed by atoms with Gasteiger partial charge in [0.2, 0.25) is 17.7 Å². The molecule has 7 heteroatoms. The number of allylic oxidation sites excluding steroid dienone is 5. The number of carbonyl (C=O) groups excluding carboxylic acids is 3. The number of fused-ring (bicyclic) bond motifs is 1. The lowest BCUT2D eigenvalue weighted by Gasteiger charge is -2.42. The van der Waals surface area contributed by atoms with Crippen LogP contribution in [0.1, 0.15) is 55.4 Å². The van der Waals surface area contributed by atoms with E-state index in [4.69, 9.17) is 0 Å². The zero-order chi connectivity index (χ0) is 30.3. The number of rotatable bonds is 9. The van der Waals surface area contributed by atoms with Gasteiger partial charge in [0, 0.05) is 17.9 Å². The summed E-state index contributed by atoms with van der Waals surface area (Å²) < 4.78 is 0. The molecule has 4 rings (SSSR count). The van der Waals surface area contributed by atoms with Crippen molar-refractivity contribution in [2.75, 3.05) is 32.0 Å². The van der Waals surface area contributed by atoms with Crippen LogP contribution in [0, 0.1) is 12.3 Å². The fraction of sp³-hybridized carbons (Fsp3) is 0.400. The molecule has 1 saturated heterocycles. The molecule has 0 bridgehead atoms. The van der Waals surface area contributed by atoms with Crippen LogP contribution >= 0.6 is 0 Å². The van der Waals surface area contributed by atoms with Gasteiger partial charge in [-0.1, -0.05) is 62.1 Å². The molecule has 0 saturated carbocycles. The molecule has 3 amide bonds. The first-order valence-corrected chi connectivity index (χ1v) is 14.9. The Bertz CT molecular complexity index is 1400. The van der Waals surface area contributed by atoms with Crippen molar-refractivity contribution in [3.8, 4) is 0 Å². The predicted octanol–water partition coefficient (Wildman–Crippen LogP) is 5.32. The highest BCUT2D eigenvalue weighted by atomic mass is 16.2. The SMILES string of the molecule is C=C/C=C\C1=C(/C)NC(=O)Cc2cc(NC(=O)CN(Cc3ccccc3C)C(=O)C3(CC)CCN(C)CC3)ccc2C1. The van der Waals surface area contributed by atoms with Crippen LogP contribution in [0.4, 0.5) is 5.69 Å². The van der Waals surface area contributed by atoms with Crippen molar-refractivity contribution < 1.29 is 14.4 Å². The third kappa shape index (κ3) is 7.45. The van der Waals surface area contributed by atoms with Gasteiger partial charge in [-0.3, -0.25) is 14.4 Å². The number of carbonyl (C=O) groups is 3. The lowest BCUT2D eigenvalue weighted by molar-refractivity contribution is -0.148. The largest absolute Gasteiger partial charge is 0.329 e. The van der Waals surface area contributed by atoms with E-state index in [2.05, 4.69) is 36.1 Å². The van der Waals surface area contributed by atoms with E-state index in [1.165, 1.54) is 0 Å². The van der Waals surface area contributed by atoms with Crippen molar-refractivity contribution in [3.05, 3.63) is 101 Å². The second-order valence-electron chi connectivity index (χ2n) is 11.7.